The molecule has 23 heavy (non-hydrogen) atoms. The minimum Gasteiger partial charge on any atom is -0.477 e. The number of hydrogen-bond donors (Lipinski definition) is 2. The van der Waals surface area contributed by atoms with Gasteiger partial charge in [0.1, 0.15) is 11.3 Å². The Bertz CT molecular complexity index is 894. The van der Waals surface area contributed by atoms with Crippen LogP contribution in [0.2, 0.25) is 0 Å². The molecule has 1 amide bonds. The molecule has 0 aliphatic rings. The average molecular weight is 307 g/mol. The Labute approximate surface area is 131 Å². The fourth-order valence-electron chi connectivity index (χ4n) is 2.20. The third-order valence-electron chi connectivity index (χ3n) is 3.33. The summed E-state index contributed by atoms with van der Waals surface area (Å²) in [5, 5.41) is 12.5. The van der Waals surface area contributed by atoms with E-state index in [0.717, 1.165) is 5.39 Å². The SMILES string of the molecule is O=C(O)C(=Cc1coc2ccccc12)NC(=O)c1ccccc1. The fourth-order valence-corrected chi connectivity index (χ4v) is 2.20. The van der Waals surface area contributed by atoms with Crippen LogP contribution in [0.1, 0.15) is 15.9 Å². The molecule has 5 heteroatoms. The van der Waals surface area contributed by atoms with Crippen molar-refractivity contribution in [3.8, 4) is 0 Å². The minimum absolute atomic E-state index is 0.217. The van der Waals surface area contributed by atoms with Crippen molar-refractivity contribution in [2.24, 2.45) is 0 Å². The van der Waals surface area contributed by atoms with Crippen LogP contribution in [0.3, 0.4) is 0 Å². The van der Waals surface area contributed by atoms with Gasteiger partial charge in [-0.2, -0.15) is 0 Å². The van der Waals surface area contributed by atoms with Crippen LogP contribution in [0.25, 0.3) is 17.0 Å². The number of carboxylic acids is 1. The number of benzene rings is 2. The van der Waals surface area contributed by atoms with Gasteiger partial charge in [-0.15, -0.1) is 0 Å². The summed E-state index contributed by atoms with van der Waals surface area (Å²) in [7, 11) is 0. The van der Waals surface area contributed by atoms with Crippen LogP contribution in [0.15, 0.2) is 71.0 Å². The zero-order valence-electron chi connectivity index (χ0n) is 12.0. The number of furan rings is 1. The number of para-hydroxylation sites is 1. The summed E-state index contributed by atoms with van der Waals surface area (Å²) in [5.41, 5.74) is 1.41. The van der Waals surface area contributed by atoms with E-state index < -0.39 is 11.9 Å². The molecular weight excluding hydrogens is 294 g/mol. The van der Waals surface area contributed by atoms with Gasteiger partial charge in [0.25, 0.3) is 5.91 Å². The van der Waals surface area contributed by atoms with Crippen LogP contribution in [-0.2, 0) is 4.79 Å². The topological polar surface area (TPSA) is 79.5 Å². The molecule has 0 unspecified atom stereocenters. The van der Waals surface area contributed by atoms with Crippen LogP contribution >= 0.6 is 0 Å². The summed E-state index contributed by atoms with van der Waals surface area (Å²) >= 11 is 0. The Hall–Kier alpha value is -3.34. The van der Waals surface area contributed by atoms with Crippen molar-refractivity contribution in [3.63, 3.8) is 0 Å². The molecule has 114 valence electrons. The number of nitrogens with one attached hydrogen (secondary N) is 1. The van der Waals surface area contributed by atoms with Gasteiger partial charge in [-0.05, 0) is 24.3 Å². The number of rotatable bonds is 4. The predicted octanol–water partition coefficient (Wildman–Crippen LogP) is 3.29. The van der Waals surface area contributed by atoms with E-state index in [0.29, 0.717) is 16.7 Å². The molecule has 0 radical (unpaired) electrons. The van der Waals surface area contributed by atoms with E-state index in [1.54, 1.807) is 36.4 Å². The first-order valence-electron chi connectivity index (χ1n) is 6.93. The first kappa shape index (κ1) is 14.6. The molecule has 0 spiro atoms. The van der Waals surface area contributed by atoms with Crippen molar-refractivity contribution >= 4 is 28.9 Å². The molecule has 0 aliphatic carbocycles. The molecule has 0 atom stereocenters. The molecule has 2 aromatic carbocycles. The van der Waals surface area contributed by atoms with Crippen molar-refractivity contribution in [1.82, 2.24) is 5.32 Å². The molecule has 3 aromatic rings. The van der Waals surface area contributed by atoms with Gasteiger partial charge < -0.3 is 14.8 Å². The second-order valence-electron chi connectivity index (χ2n) is 4.87. The van der Waals surface area contributed by atoms with Gasteiger partial charge in [0.05, 0.1) is 6.26 Å². The summed E-state index contributed by atoms with van der Waals surface area (Å²) in [6, 6.07) is 15.7. The molecule has 5 nitrogen and oxygen atoms in total. The smallest absolute Gasteiger partial charge is 0.352 e. The van der Waals surface area contributed by atoms with Crippen molar-refractivity contribution in [1.29, 1.82) is 0 Å². The molecule has 0 saturated heterocycles. The third kappa shape index (κ3) is 3.13. The largest absolute Gasteiger partial charge is 0.477 e. The second-order valence-corrected chi connectivity index (χ2v) is 4.87. The fraction of sp³-hybridized carbons (Fsp3) is 0. The van der Waals surface area contributed by atoms with Crippen LogP contribution in [0, 0.1) is 0 Å². The molecule has 0 saturated carbocycles. The molecule has 0 bridgehead atoms. The lowest BCUT2D eigenvalue weighted by Gasteiger charge is -2.05. The van der Waals surface area contributed by atoms with Gasteiger partial charge >= 0.3 is 5.97 Å². The Balaban J connectivity index is 1.93. The lowest BCUT2D eigenvalue weighted by atomic mass is 10.1. The predicted molar refractivity (Wildman–Crippen MR) is 85.7 cm³/mol. The molecule has 1 heterocycles. The van der Waals surface area contributed by atoms with Gasteiger partial charge in [0, 0.05) is 16.5 Å². The number of carbonyl (C=O) groups excluding carboxylic acids is 1. The average Bonchev–Trinajstić information content (AvgIpc) is 2.98. The van der Waals surface area contributed by atoms with Gasteiger partial charge in [0.15, 0.2) is 0 Å². The molecule has 0 fully saturated rings. The highest BCUT2D eigenvalue weighted by atomic mass is 16.4. The van der Waals surface area contributed by atoms with Gasteiger partial charge in [-0.1, -0.05) is 36.4 Å². The Morgan fingerprint density at radius 3 is 2.43 bits per heavy atom. The quantitative estimate of drug-likeness (QED) is 0.725. The number of amides is 1. The third-order valence-corrected chi connectivity index (χ3v) is 3.33. The van der Waals surface area contributed by atoms with E-state index in [1.165, 1.54) is 12.3 Å². The van der Waals surface area contributed by atoms with Crippen LogP contribution < -0.4 is 5.32 Å². The highest BCUT2D eigenvalue weighted by Crippen LogP contribution is 2.22. The molecule has 0 aliphatic heterocycles. The number of hydrogen-bond acceptors (Lipinski definition) is 3. The molecule has 3 rings (SSSR count). The van der Waals surface area contributed by atoms with E-state index in [9.17, 15) is 14.7 Å². The first-order chi connectivity index (χ1) is 11.1. The van der Waals surface area contributed by atoms with Crippen LogP contribution in [-0.4, -0.2) is 17.0 Å². The highest BCUT2D eigenvalue weighted by Gasteiger charge is 2.14. The number of carboxylic acid groups (broad SMARTS) is 1. The number of aliphatic carboxylic acids is 1. The summed E-state index contributed by atoms with van der Waals surface area (Å²) in [4.78, 5) is 23.5. The van der Waals surface area contributed by atoms with E-state index in [4.69, 9.17) is 4.42 Å². The van der Waals surface area contributed by atoms with E-state index >= 15 is 0 Å². The monoisotopic (exact) mass is 307 g/mol. The summed E-state index contributed by atoms with van der Waals surface area (Å²) in [6.45, 7) is 0. The molecular formula is C18H13NO4. The van der Waals surface area contributed by atoms with Gasteiger partial charge in [-0.3, -0.25) is 4.79 Å². The Morgan fingerprint density at radius 2 is 1.70 bits per heavy atom. The summed E-state index contributed by atoms with van der Waals surface area (Å²) in [5.74, 6) is -1.70. The Kier molecular flexibility index (Phi) is 3.93. The van der Waals surface area contributed by atoms with Crippen LogP contribution in [0.5, 0.6) is 0 Å². The van der Waals surface area contributed by atoms with Crippen LogP contribution in [0.4, 0.5) is 0 Å². The zero-order chi connectivity index (χ0) is 16.2. The number of fused-ring (bicyclic) bond motifs is 1. The van der Waals surface area contributed by atoms with Gasteiger partial charge in [0.2, 0.25) is 0 Å². The van der Waals surface area contributed by atoms with E-state index in [-0.39, 0.29) is 5.70 Å². The van der Waals surface area contributed by atoms with Gasteiger partial charge in [-0.25, -0.2) is 4.79 Å². The molecule has 1 aromatic heterocycles. The first-order valence-corrected chi connectivity index (χ1v) is 6.93. The minimum atomic E-state index is -1.22. The standard InChI is InChI=1S/C18H13NO4/c20-17(12-6-2-1-3-7-12)19-15(18(21)22)10-13-11-23-16-9-5-4-8-14(13)16/h1-11H,(H,19,20)(H,21,22). The van der Waals surface area contributed by atoms with E-state index in [1.807, 2.05) is 18.2 Å². The van der Waals surface area contributed by atoms with Crippen molar-refractivity contribution in [3.05, 3.63) is 77.7 Å². The zero-order valence-corrected chi connectivity index (χ0v) is 12.0. The summed E-state index contributed by atoms with van der Waals surface area (Å²) in [6.07, 6.45) is 2.84. The molecule has 2 N–H and O–H groups in total. The van der Waals surface area contributed by atoms with Crippen molar-refractivity contribution in [2.45, 2.75) is 0 Å². The lowest BCUT2D eigenvalue weighted by Crippen LogP contribution is -2.27. The van der Waals surface area contributed by atoms with Crippen molar-refractivity contribution < 1.29 is 19.1 Å². The second kappa shape index (κ2) is 6.19. The maximum absolute atomic E-state index is 12.1. The summed E-state index contributed by atoms with van der Waals surface area (Å²) < 4.78 is 5.37. The Morgan fingerprint density at radius 1 is 1.00 bits per heavy atom. The van der Waals surface area contributed by atoms with Crippen molar-refractivity contribution in [2.75, 3.05) is 0 Å². The highest BCUT2D eigenvalue weighted by molar-refractivity contribution is 6.03. The normalized spacial score (nSPS) is 11.4. The van der Waals surface area contributed by atoms with E-state index in [2.05, 4.69) is 5.32 Å². The maximum Gasteiger partial charge on any atom is 0.352 e. The lowest BCUT2D eigenvalue weighted by molar-refractivity contribution is -0.132. The number of carbonyl (C=O) groups is 2. The maximum atomic E-state index is 12.1.